The number of benzene rings is 1. The van der Waals surface area contributed by atoms with Crippen LogP contribution in [0.15, 0.2) is 29.6 Å². The molecule has 2 aromatic rings. The van der Waals surface area contributed by atoms with E-state index in [0.29, 0.717) is 10.7 Å². The molecule has 0 unspecified atom stereocenters. The van der Waals surface area contributed by atoms with E-state index in [0.717, 1.165) is 30.2 Å². The van der Waals surface area contributed by atoms with E-state index in [4.69, 9.17) is 11.6 Å². The van der Waals surface area contributed by atoms with Crippen LogP contribution in [0.5, 0.6) is 0 Å². The molecule has 1 aliphatic heterocycles. The third-order valence-corrected chi connectivity index (χ3v) is 4.72. The summed E-state index contributed by atoms with van der Waals surface area (Å²) in [5, 5.41) is 6.66. The largest absolute Gasteiger partial charge is 0.332 e. The Morgan fingerprint density at radius 2 is 2.04 bits per heavy atom. The highest BCUT2D eigenvalue weighted by atomic mass is 35.5. The zero-order valence-electron chi connectivity index (χ0n) is 12.5. The summed E-state index contributed by atoms with van der Waals surface area (Å²) < 4.78 is 0. The third-order valence-electron chi connectivity index (χ3n) is 3.58. The Bertz CT molecular complexity index is 648. The number of thiazole rings is 1. The van der Waals surface area contributed by atoms with Gasteiger partial charge in [0.05, 0.1) is 0 Å². The van der Waals surface area contributed by atoms with E-state index < -0.39 is 0 Å². The summed E-state index contributed by atoms with van der Waals surface area (Å²) in [7, 11) is 0. The quantitative estimate of drug-likeness (QED) is 0.844. The molecule has 1 fully saturated rings. The fourth-order valence-corrected chi connectivity index (χ4v) is 3.31. The van der Waals surface area contributed by atoms with E-state index in [2.05, 4.69) is 17.2 Å². The lowest BCUT2D eigenvalue weighted by atomic mass is 10.2. The third kappa shape index (κ3) is 4.58. The van der Waals surface area contributed by atoms with Crippen molar-refractivity contribution in [1.29, 1.82) is 0 Å². The number of amides is 1. The maximum absolute atomic E-state index is 12.5. The second-order valence-corrected chi connectivity index (χ2v) is 6.39. The second kappa shape index (κ2) is 8.85. The monoisotopic (exact) mass is 393 g/mol. The van der Waals surface area contributed by atoms with Gasteiger partial charge in [-0.2, -0.15) is 0 Å². The van der Waals surface area contributed by atoms with Gasteiger partial charge >= 0.3 is 0 Å². The first-order valence-corrected chi connectivity index (χ1v) is 8.14. The van der Waals surface area contributed by atoms with Crippen LogP contribution in [-0.2, 0) is 0 Å². The molecule has 2 heterocycles. The minimum atomic E-state index is 0. The van der Waals surface area contributed by atoms with Crippen LogP contribution in [0.25, 0.3) is 10.6 Å². The first kappa shape index (κ1) is 20.2. The Morgan fingerprint density at radius 3 is 2.70 bits per heavy atom. The Morgan fingerprint density at radius 1 is 1.35 bits per heavy atom. The van der Waals surface area contributed by atoms with Crippen molar-refractivity contribution in [1.82, 2.24) is 15.2 Å². The number of hydrogen-bond acceptors (Lipinski definition) is 4. The van der Waals surface area contributed by atoms with Gasteiger partial charge in [0.25, 0.3) is 5.91 Å². The highest BCUT2D eigenvalue weighted by Gasteiger charge is 2.25. The number of nitrogens with zero attached hydrogens (tertiary/aromatic N) is 2. The molecule has 0 bridgehead atoms. The Labute approximate surface area is 157 Å². The van der Waals surface area contributed by atoms with Crippen LogP contribution in [0, 0.1) is 0 Å². The van der Waals surface area contributed by atoms with Crippen LogP contribution in [0.3, 0.4) is 0 Å². The van der Waals surface area contributed by atoms with Crippen molar-refractivity contribution in [3.63, 3.8) is 0 Å². The summed E-state index contributed by atoms with van der Waals surface area (Å²) in [6.07, 6.45) is 0. The summed E-state index contributed by atoms with van der Waals surface area (Å²) >= 11 is 7.37. The molecule has 1 saturated heterocycles. The minimum Gasteiger partial charge on any atom is -0.332 e. The molecule has 8 heteroatoms. The molecule has 0 spiro atoms. The molecule has 1 atom stereocenters. The summed E-state index contributed by atoms with van der Waals surface area (Å²) in [6.45, 7) is 4.45. The van der Waals surface area contributed by atoms with E-state index >= 15 is 0 Å². The molecule has 23 heavy (non-hydrogen) atoms. The van der Waals surface area contributed by atoms with Crippen LogP contribution in [0.2, 0.25) is 5.02 Å². The highest BCUT2D eigenvalue weighted by molar-refractivity contribution is 7.13. The van der Waals surface area contributed by atoms with Gasteiger partial charge < -0.3 is 10.2 Å². The standard InChI is InChI=1S/C15H16ClN3OS.2ClH/c1-10-8-17-6-7-19(10)15(20)13-9-21-14(18-13)11-2-4-12(16)5-3-11;;/h2-5,9-10,17H,6-8H2,1H3;2*1H/t10-;;/m0../s1. The zero-order valence-corrected chi connectivity index (χ0v) is 15.7. The van der Waals surface area contributed by atoms with Crippen molar-refractivity contribution in [2.45, 2.75) is 13.0 Å². The lowest BCUT2D eigenvalue weighted by Crippen LogP contribution is -2.52. The number of carbonyl (C=O) groups is 1. The maximum atomic E-state index is 12.5. The predicted molar refractivity (Wildman–Crippen MR) is 100 cm³/mol. The van der Waals surface area contributed by atoms with Gasteiger partial charge in [-0.1, -0.05) is 23.7 Å². The molecular formula is C15H18Cl3N3OS. The Balaban J connectivity index is 0.00000132. The number of aromatic nitrogens is 1. The second-order valence-electron chi connectivity index (χ2n) is 5.10. The normalized spacial score (nSPS) is 17.1. The average Bonchev–Trinajstić information content (AvgIpc) is 2.98. The van der Waals surface area contributed by atoms with Crippen molar-refractivity contribution in [2.24, 2.45) is 0 Å². The molecular weight excluding hydrogens is 377 g/mol. The Kier molecular flexibility index (Phi) is 7.77. The van der Waals surface area contributed by atoms with Crippen LogP contribution in [-0.4, -0.2) is 41.5 Å². The van der Waals surface area contributed by atoms with E-state index in [-0.39, 0.29) is 36.8 Å². The smallest absolute Gasteiger partial charge is 0.273 e. The van der Waals surface area contributed by atoms with Gasteiger partial charge in [0.1, 0.15) is 10.7 Å². The van der Waals surface area contributed by atoms with Crippen molar-refractivity contribution >= 4 is 53.7 Å². The molecule has 4 nitrogen and oxygen atoms in total. The number of nitrogens with one attached hydrogen (secondary N) is 1. The molecule has 0 aliphatic carbocycles. The SMILES string of the molecule is C[C@H]1CNCCN1C(=O)c1csc(-c2ccc(Cl)cc2)n1.Cl.Cl. The molecule has 0 saturated carbocycles. The first-order chi connectivity index (χ1) is 10.1. The minimum absolute atomic E-state index is 0. The predicted octanol–water partition coefficient (Wildman–Crippen LogP) is 3.74. The van der Waals surface area contributed by atoms with Gasteiger partial charge in [-0.25, -0.2) is 4.98 Å². The molecule has 126 valence electrons. The number of rotatable bonds is 2. The number of piperazine rings is 1. The van der Waals surface area contributed by atoms with Crippen molar-refractivity contribution in [2.75, 3.05) is 19.6 Å². The summed E-state index contributed by atoms with van der Waals surface area (Å²) in [5.41, 5.74) is 1.51. The molecule has 3 rings (SSSR count). The van der Waals surface area contributed by atoms with Crippen LogP contribution >= 0.6 is 47.8 Å². The molecule has 1 aliphatic rings. The van der Waals surface area contributed by atoms with Crippen molar-refractivity contribution < 1.29 is 4.79 Å². The van der Waals surface area contributed by atoms with E-state index in [1.54, 1.807) is 0 Å². The summed E-state index contributed by atoms with van der Waals surface area (Å²) in [5.74, 6) is 0.0143. The highest BCUT2D eigenvalue weighted by Crippen LogP contribution is 2.26. The van der Waals surface area contributed by atoms with Gasteiger partial charge in [-0.05, 0) is 19.1 Å². The fraction of sp³-hybridized carbons (Fsp3) is 0.333. The van der Waals surface area contributed by atoms with Crippen molar-refractivity contribution in [3.05, 3.63) is 40.4 Å². The molecule has 1 aromatic heterocycles. The number of hydrogen-bond donors (Lipinski definition) is 1. The maximum Gasteiger partial charge on any atom is 0.273 e. The molecule has 0 radical (unpaired) electrons. The summed E-state index contributed by atoms with van der Waals surface area (Å²) in [4.78, 5) is 18.9. The van der Waals surface area contributed by atoms with Crippen LogP contribution in [0.1, 0.15) is 17.4 Å². The van der Waals surface area contributed by atoms with E-state index in [1.807, 2.05) is 34.5 Å². The van der Waals surface area contributed by atoms with Crippen molar-refractivity contribution in [3.8, 4) is 10.6 Å². The molecule has 1 N–H and O–H groups in total. The van der Waals surface area contributed by atoms with Gasteiger partial charge in [0, 0.05) is 41.6 Å². The van der Waals surface area contributed by atoms with E-state index in [1.165, 1.54) is 11.3 Å². The first-order valence-electron chi connectivity index (χ1n) is 6.88. The Hall–Kier alpha value is -0.850. The average molecular weight is 395 g/mol. The van der Waals surface area contributed by atoms with E-state index in [9.17, 15) is 4.79 Å². The lowest BCUT2D eigenvalue weighted by molar-refractivity contribution is 0.0650. The van der Waals surface area contributed by atoms with Crippen LogP contribution < -0.4 is 5.32 Å². The van der Waals surface area contributed by atoms with Gasteiger partial charge in [0.15, 0.2) is 0 Å². The van der Waals surface area contributed by atoms with Gasteiger partial charge in [-0.15, -0.1) is 36.2 Å². The lowest BCUT2D eigenvalue weighted by Gasteiger charge is -2.33. The zero-order chi connectivity index (χ0) is 14.8. The number of carbonyl (C=O) groups excluding carboxylic acids is 1. The summed E-state index contributed by atoms with van der Waals surface area (Å²) in [6, 6.07) is 7.70. The molecule has 1 amide bonds. The van der Waals surface area contributed by atoms with Gasteiger partial charge in [0.2, 0.25) is 0 Å². The van der Waals surface area contributed by atoms with Crippen LogP contribution in [0.4, 0.5) is 0 Å². The topological polar surface area (TPSA) is 45.2 Å². The molecule has 1 aromatic carbocycles. The van der Waals surface area contributed by atoms with Gasteiger partial charge in [-0.3, -0.25) is 4.79 Å². The fourth-order valence-electron chi connectivity index (χ4n) is 2.39. The number of halogens is 3.